The number of aliphatic hydroxyl groups excluding tert-OH is 1. The van der Waals surface area contributed by atoms with Crippen LogP contribution in [0, 0.1) is 11.3 Å². The number of hydrogen-bond acceptors (Lipinski definition) is 3. The van der Waals surface area contributed by atoms with E-state index in [1.807, 2.05) is 30.3 Å². The van der Waals surface area contributed by atoms with Crippen molar-refractivity contribution in [3.05, 3.63) is 65.2 Å². The lowest BCUT2D eigenvalue weighted by molar-refractivity contribution is 0.251. The Morgan fingerprint density at radius 2 is 1.67 bits per heavy atom. The van der Waals surface area contributed by atoms with Crippen LogP contribution in [0.5, 0.6) is 0 Å². The smallest absolute Gasteiger partial charge is 0.319 e. The van der Waals surface area contributed by atoms with Crippen molar-refractivity contribution in [1.29, 1.82) is 5.26 Å². The summed E-state index contributed by atoms with van der Waals surface area (Å²) in [6.45, 7) is 0.403. The number of nitriles is 1. The molecule has 0 bridgehead atoms. The second-order valence-corrected chi connectivity index (χ2v) is 4.47. The molecule has 0 aliphatic heterocycles. The van der Waals surface area contributed by atoms with Gasteiger partial charge in [-0.05, 0) is 35.4 Å². The van der Waals surface area contributed by atoms with Gasteiger partial charge in [-0.3, -0.25) is 0 Å². The Balaban J connectivity index is 1.85. The maximum atomic E-state index is 11.7. The lowest BCUT2D eigenvalue weighted by Crippen LogP contribution is -2.28. The summed E-state index contributed by atoms with van der Waals surface area (Å²) in [5.41, 5.74) is 2.95. The SMILES string of the molecule is N#Cc1ccc(NC(=O)NCc2ccc(CO)cc2)cc1. The van der Waals surface area contributed by atoms with Gasteiger partial charge < -0.3 is 15.7 Å². The van der Waals surface area contributed by atoms with E-state index in [9.17, 15) is 4.79 Å². The maximum absolute atomic E-state index is 11.7. The van der Waals surface area contributed by atoms with Gasteiger partial charge in [0, 0.05) is 12.2 Å². The van der Waals surface area contributed by atoms with Gasteiger partial charge >= 0.3 is 6.03 Å². The fraction of sp³-hybridized carbons (Fsp3) is 0.125. The van der Waals surface area contributed by atoms with E-state index in [-0.39, 0.29) is 12.6 Å². The van der Waals surface area contributed by atoms with Crippen LogP contribution in [0.1, 0.15) is 16.7 Å². The summed E-state index contributed by atoms with van der Waals surface area (Å²) in [5, 5.41) is 23.1. The molecule has 0 heterocycles. The highest BCUT2D eigenvalue weighted by Gasteiger charge is 2.02. The average Bonchev–Trinajstić information content (AvgIpc) is 2.54. The van der Waals surface area contributed by atoms with Gasteiger partial charge in [0.2, 0.25) is 0 Å². The predicted molar refractivity (Wildman–Crippen MR) is 79.4 cm³/mol. The minimum atomic E-state index is -0.314. The molecule has 21 heavy (non-hydrogen) atoms. The van der Waals surface area contributed by atoms with E-state index in [0.717, 1.165) is 11.1 Å². The molecule has 2 amide bonds. The van der Waals surface area contributed by atoms with Crippen molar-refractivity contribution in [2.75, 3.05) is 5.32 Å². The van der Waals surface area contributed by atoms with E-state index in [1.165, 1.54) is 0 Å². The van der Waals surface area contributed by atoms with Gasteiger partial charge in [0.15, 0.2) is 0 Å². The molecule has 0 aromatic heterocycles. The Labute approximate surface area is 122 Å². The Bertz CT molecular complexity index is 643. The van der Waals surface area contributed by atoms with E-state index in [0.29, 0.717) is 17.8 Å². The molecule has 0 saturated heterocycles. The number of rotatable bonds is 4. The van der Waals surface area contributed by atoms with Gasteiger partial charge in [-0.25, -0.2) is 4.79 Å². The molecule has 0 fully saturated rings. The van der Waals surface area contributed by atoms with E-state index < -0.39 is 0 Å². The minimum Gasteiger partial charge on any atom is -0.392 e. The van der Waals surface area contributed by atoms with Crippen LogP contribution in [0.3, 0.4) is 0 Å². The molecule has 0 aliphatic carbocycles. The number of amides is 2. The van der Waals surface area contributed by atoms with Crippen molar-refractivity contribution in [3.63, 3.8) is 0 Å². The predicted octanol–water partition coefficient (Wildman–Crippen LogP) is 2.37. The van der Waals surface area contributed by atoms with E-state index in [4.69, 9.17) is 10.4 Å². The van der Waals surface area contributed by atoms with Gasteiger partial charge in [0.1, 0.15) is 0 Å². The van der Waals surface area contributed by atoms with E-state index in [1.54, 1.807) is 24.3 Å². The number of urea groups is 1. The van der Waals surface area contributed by atoms with Crippen molar-refractivity contribution in [1.82, 2.24) is 5.32 Å². The number of benzene rings is 2. The third-order valence-corrected chi connectivity index (χ3v) is 2.93. The first kappa shape index (κ1) is 14.6. The van der Waals surface area contributed by atoms with Gasteiger partial charge in [-0.2, -0.15) is 5.26 Å². The Morgan fingerprint density at radius 1 is 1.05 bits per heavy atom. The fourth-order valence-corrected chi connectivity index (χ4v) is 1.75. The van der Waals surface area contributed by atoms with Crippen LogP contribution in [-0.4, -0.2) is 11.1 Å². The number of carbonyl (C=O) groups is 1. The first-order valence-electron chi connectivity index (χ1n) is 6.45. The average molecular weight is 281 g/mol. The quantitative estimate of drug-likeness (QED) is 0.804. The molecule has 106 valence electrons. The number of nitrogens with one attached hydrogen (secondary N) is 2. The zero-order valence-corrected chi connectivity index (χ0v) is 11.3. The first-order valence-corrected chi connectivity index (χ1v) is 6.45. The van der Waals surface area contributed by atoms with Gasteiger partial charge in [-0.1, -0.05) is 24.3 Å². The fourth-order valence-electron chi connectivity index (χ4n) is 1.75. The van der Waals surface area contributed by atoms with Gasteiger partial charge in [-0.15, -0.1) is 0 Å². The number of aliphatic hydroxyl groups is 1. The molecule has 2 aromatic carbocycles. The van der Waals surface area contributed by atoms with Crippen molar-refractivity contribution >= 4 is 11.7 Å². The van der Waals surface area contributed by atoms with Crippen LogP contribution in [0.4, 0.5) is 10.5 Å². The monoisotopic (exact) mass is 281 g/mol. The van der Waals surface area contributed by atoms with Crippen molar-refractivity contribution in [2.45, 2.75) is 13.2 Å². The summed E-state index contributed by atoms with van der Waals surface area (Å²) >= 11 is 0. The normalized spacial score (nSPS) is 9.71. The van der Waals surface area contributed by atoms with Crippen molar-refractivity contribution in [3.8, 4) is 6.07 Å². The molecule has 0 saturated carbocycles. The lowest BCUT2D eigenvalue weighted by atomic mass is 10.1. The zero-order valence-electron chi connectivity index (χ0n) is 11.3. The Hall–Kier alpha value is -2.84. The summed E-state index contributed by atoms with van der Waals surface area (Å²) in [7, 11) is 0. The summed E-state index contributed by atoms with van der Waals surface area (Å²) in [6.07, 6.45) is 0. The highest BCUT2D eigenvalue weighted by molar-refractivity contribution is 5.89. The first-order chi connectivity index (χ1) is 10.2. The van der Waals surface area contributed by atoms with Gasteiger partial charge in [0.05, 0.1) is 18.2 Å². The number of anilines is 1. The second-order valence-electron chi connectivity index (χ2n) is 4.47. The molecular weight excluding hydrogens is 266 g/mol. The molecule has 5 heteroatoms. The van der Waals surface area contributed by atoms with E-state index >= 15 is 0 Å². The minimum absolute atomic E-state index is 0.00683. The molecule has 5 nitrogen and oxygen atoms in total. The van der Waals surface area contributed by atoms with Crippen LogP contribution >= 0.6 is 0 Å². The lowest BCUT2D eigenvalue weighted by Gasteiger charge is -2.08. The molecule has 0 atom stereocenters. The van der Waals surface area contributed by atoms with E-state index in [2.05, 4.69) is 10.6 Å². The molecule has 0 spiro atoms. The number of hydrogen-bond donors (Lipinski definition) is 3. The van der Waals surface area contributed by atoms with Crippen molar-refractivity contribution in [2.24, 2.45) is 0 Å². The molecule has 2 rings (SSSR count). The molecule has 0 aliphatic rings. The zero-order chi connectivity index (χ0) is 15.1. The molecule has 2 aromatic rings. The molecular formula is C16H15N3O2. The summed E-state index contributed by atoms with van der Waals surface area (Å²) in [6, 6.07) is 15.7. The van der Waals surface area contributed by atoms with Crippen LogP contribution < -0.4 is 10.6 Å². The standard InChI is InChI=1S/C16H15N3O2/c17-9-12-5-7-15(8-6-12)19-16(21)18-10-13-1-3-14(11-20)4-2-13/h1-8,20H,10-11H2,(H2,18,19,21). The maximum Gasteiger partial charge on any atom is 0.319 e. The molecule has 0 radical (unpaired) electrons. The van der Waals surface area contributed by atoms with Crippen LogP contribution in [0.2, 0.25) is 0 Å². The van der Waals surface area contributed by atoms with Crippen molar-refractivity contribution < 1.29 is 9.90 Å². The summed E-state index contributed by atoms with van der Waals surface area (Å²) in [4.78, 5) is 11.7. The molecule has 3 N–H and O–H groups in total. The van der Waals surface area contributed by atoms with Crippen LogP contribution in [0.25, 0.3) is 0 Å². The number of carbonyl (C=O) groups excluding carboxylic acids is 1. The molecule has 0 unspecified atom stereocenters. The Kier molecular flexibility index (Phi) is 4.91. The highest BCUT2D eigenvalue weighted by Crippen LogP contribution is 2.09. The third-order valence-electron chi connectivity index (χ3n) is 2.93. The summed E-state index contributed by atoms with van der Waals surface area (Å²) in [5.74, 6) is 0. The largest absolute Gasteiger partial charge is 0.392 e. The summed E-state index contributed by atoms with van der Waals surface area (Å²) < 4.78 is 0. The van der Waals surface area contributed by atoms with Crippen LogP contribution in [0.15, 0.2) is 48.5 Å². The number of nitrogens with zero attached hydrogens (tertiary/aromatic N) is 1. The topological polar surface area (TPSA) is 85.2 Å². The van der Waals surface area contributed by atoms with Gasteiger partial charge in [0.25, 0.3) is 0 Å². The van der Waals surface area contributed by atoms with Crippen LogP contribution in [-0.2, 0) is 13.2 Å². The highest BCUT2D eigenvalue weighted by atomic mass is 16.3. The third kappa shape index (κ3) is 4.34. The Morgan fingerprint density at radius 3 is 2.24 bits per heavy atom. The second kappa shape index (κ2) is 7.08.